The van der Waals surface area contributed by atoms with Gasteiger partial charge >= 0.3 is 0 Å². The quantitative estimate of drug-likeness (QED) is 0.686. The summed E-state index contributed by atoms with van der Waals surface area (Å²) in [5.74, 6) is 0.963. The van der Waals surface area contributed by atoms with E-state index >= 15 is 0 Å². The van der Waals surface area contributed by atoms with E-state index in [1.807, 2.05) is 56.6 Å². The maximum Gasteiger partial charge on any atom is 0.227 e. The molecule has 1 heterocycles. The van der Waals surface area contributed by atoms with Crippen LogP contribution in [-0.2, 0) is 16.1 Å². The number of nitrogens with one attached hydrogen (secondary N) is 1. The van der Waals surface area contributed by atoms with Gasteiger partial charge in [-0.1, -0.05) is 18.2 Å². The number of carbonyl (C=O) groups excluding carboxylic acids is 2. The number of amides is 2. The summed E-state index contributed by atoms with van der Waals surface area (Å²) in [7, 11) is 5.59. The molecule has 1 N–H and O–H groups in total. The third-order valence-electron chi connectivity index (χ3n) is 5.06. The molecule has 160 valence electrons. The number of hydrogen-bond acceptors (Lipinski definition) is 5. The van der Waals surface area contributed by atoms with Crippen LogP contribution in [0, 0.1) is 5.92 Å². The van der Waals surface area contributed by atoms with Gasteiger partial charge in [-0.3, -0.25) is 9.59 Å². The van der Waals surface area contributed by atoms with Gasteiger partial charge < -0.3 is 24.6 Å². The zero-order valence-corrected chi connectivity index (χ0v) is 17.8. The fraction of sp³-hybridized carbons (Fsp3) is 0.391. The fourth-order valence-electron chi connectivity index (χ4n) is 3.29. The molecule has 0 aromatic heterocycles. The van der Waals surface area contributed by atoms with Gasteiger partial charge in [-0.25, -0.2) is 0 Å². The first-order valence-corrected chi connectivity index (χ1v) is 10.0. The summed E-state index contributed by atoms with van der Waals surface area (Å²) in [6, 6.07) is 15.0. The molecule has 2 aromatic carbocycles. The highest BCUT2D eigenvalue weighted by molar-refractivity contribution is 6.00. The van der Waals surface area contributed by atoms with Crippen molar-refractivity contribution in [1.29, 1.82) is 0 Å². The number of hydrogen-bond donors (Lipinski definition) is 1. The third-order valence-corrected chi connectivity index (χ3v) is 5.06. The molecule has 0 radical (unpaired) electrons. The average Bonchev–Trinajstić information content (AvgIpc) is 3.14. The lowest BCUT2D eigenvalue weighted by Gasteiger charge is -2.17. The second-order valence-corrected chi connectivity index (χ2v) is 7.62. The van der Waals surface area contributed by atoms with Gasteiger partial charge in [-0.05, 0) is 43.9 Å². The third kappa shape index (κ3) is 5.73. The number of benzene rings is 2. The Kier molecular flexibility index (Phi) is 7.30. The van der Waals surface area contributed by atoms with Crippen LogP contribution in [0.4, 0.5) is 5.69 Å². The minimum Gasteiger partial charge on any atom is -0.497 e. The van der Waals surface area contributed by atoms with Gasteiger partial charge in [0.15, 0.2) is 0 Å². The van der Waals surface area contributed by atoms with Gasteiger partial charge in [0, 0.05) is 37.8 Å². The Morgan fingerprint density at radius 2 is 1.93 bits per heavy atom. The molecular formula is C23H29N3O4. The first kappa shape index (κ1) is 21.6. The van der Waals surface area contributed by atoms with Crippen LogP contribution in [0.2, 0.25) is 0 Å². The highest BCUT2D eigenvalue weighted by Crippen LogP contribution is 2.28. The average molecular weight is 412 g/mol. The zero-order valence-electron chi connectivity index (χ0n) is 17.8. The van der Waals surface area contributed by atoms with E-state index in [0.29, 0.717) is 25.4 Å². The van der Waals surface area contributed by atoms with Gasteiger partial charge in [0.2, 0.25) is 11.8 Å². The predicted octanol–water partition coefficient (Wildman–Crippen LogP) is 2.30. The summed E-state index contributed by atoms with van der Waals surface area (Å²) >= 11 is 0. The topological polar surface area (TPSA) is 71.1 Å². The molecule has 0 spiro atoms. The van der Waals surface area contributed by atoms with E-state index in [1.54, 1.807) is 18.1 Å². The van der Waals surface area contributed by atoms with Crippen LogP contribution in [0.5, 0.6) is 11.5 Å². The molecular weight excluding hydrogens is 382 g/mol. The largest absolute Gasteiger partial charge is 0.497 e. The highest BCUT2D eigenvalue weighted by atomic mass is 16.5. The molecule has 3 rings (SSSR count). The van der Waals surface area contributed by atoms with Gasteiger partial charge in [0.25, 0.3) is 0 Å². The van der Waals surface area contributed by atoms with Crippen molar-refractivity contribution in [1.82, 2.24) is 10.2 Å². The SMILES string of the molecule is COc1cccc(N2CC(C(=O)NCc3ccc(OCCN(C)C)cc3)CC2=O)c1. The van der Waals surface area contributed by atoms with Crippen molar-refractivity contribution in [2.24, 2.45) is 5.92 Å². The van der Waals surface area contributed by atoms with Crippen LogP contribution in [0.3, 0.4) is 0 Å². The Bertz CT molecular complexity index is 867. The van der Waals surface area contributed by atoms with E-state index in [4.69, 9.17) is 9.47 Å². The number of anilines is 1. The van der Waals surface area contributed by atoms with E-state index in [0.717, 1.165) is 23.5 Å². The molecule has 0 bridgehead atoms. The Morgan fingerprint density at radius 1 is 1.17 bits per heavy atom. The van der Waals surface area contributed by atoms with Crippen LogP contribution in [0.25, 0.3) is 0 Å². The molecule has 7 heteroatoms. The molecule has 1 aliphatic heterocycles. The van der Waals surface area contributed by atoms with Gasteiger partial charge in [-0.2, -0.15) is 0 Å². The second-order valence-electron chi connectivity index (χ2n) is 7.62. The van der Waals surface area contributed by atoms with E-state index in [-0.39, 0.29) is 24.2 Å². The summed E-state index contributed by atoms with van der Waals surface area (Å²) in [6.45, 7) is 2.27. The number of nitrogens with zero attached hydrogens (tertiary/aromatic N) is 2. The second kappa shape index (κ2) is 10.1. The van der Waals surface area contributed by atoms with Crippen LogP contribution in [-0.4, -0.2) is 57.6 Å². The van der Waals surface area contributed by atoms with E-state index in [9.17, 15) is 9.59 Å². The monoisotopic (exact) mass is 411 g/mol. The maximum atomic E-state index is 12.6. The Morgan fingerprint density at radius 3 is 2.63 bits per heavy atom. The number of ether oxygens (including phenoxy) is 2. The van der Waals surface area contributed by atoms with Crippen molar-refractivity contribution < 1.29 is 19.1 Å². The summed E-state index contributed by atoms with van der Waals surface area (Å²) < 4.78 is 10.9. The maximum absolute atomic E-state index is 12.6. The lowest BCUT2D eigenvalue weighted by Crippen LogP contribution is -2.32. The minimum absolute atomic E-state index is 0.0531. The van der Waals surface area contributed by atoms with Crippen LogP contribution in [0.1, 0.15) is 12.0 Å². The zero-order chi connectivity index (χ0) is 21.5. The summed E-state index contributed by atoms with van der Waals surface area (Å²) in [5.41, 5.74) is 1.73. The molecule has 1 saturated heterocycles. The summed E-state index contributed by atoms with van der Waals surface area (Å²) in [4.78, 5) is 28.7. The first-order chi connectivity index (χ1) is 14.5. The van der Waals surface area contributed by atoms with E-state index in [2.05, 4.69) is 10.2 Å². The van der Waals surface area contributed by atoms with Crippen LogP contribution in [0.15, 0.2) is 48.5 Å². The van der Waals surface area contributed by atoms with Gasteiger partial charge in [0.05, 0.1) is 13.0 Å². The predicted molar refractivity (Wildman–Crippen MR) is 116 cm³/mol. The molecule has 30 heavy (non-hydrogen) atoms. The fourth-order valence-corrected chi connectivity index (χ4v) is 3.29. The number of likely N-dealkylation sites (N-methyl/N-ethyl adjacent to an activating group) is 1. The Balaban J connectivity index is 1.50. The molecule has 1 fully saturated rings. The standard InChI is InChI=1S/C23H29N3O4/c1-25(2)11-12-30-20-9-7-17(8-10-20)15-24-23(28)18-13-22(27)26(16-18)19-5-4-6-21(14-19)29-3/h4-10,14,18H,11-13,15-16H2,1-3H3,(H,24,28). The number of methoxy groups -OCH3 is 1. The minimum atomic E-state index is -0.364. The molecule has 0 saturated carbocycles. The molecule has 7 nitrogen and oxygen atoms in total. The smallest absolute Gasteiger partial charge is 0.227 e. The molecule has 2 amide bonds. The molecule has 1 unspecified atom stereocenters. The van der Waals surface area contributed by atoms with E-state index in [1.165, 1.54) is 0 Å². The van der Waals surface area contributed by atoms with Crippen molar-refractivity contribution in [3.05, 3.63) is 54.1 Å². The van der Waals surface area contributed by atoms with Crippen LogP contribution < -0.4 is 19.7 Å². The highest BCUT2D eigenvalue weighted by Gasteiger charge is 2.35. The van der Waals surface area contributed by atoms with Gasteiger partial charge in [0.1, 0.15) is 18.1 Å². The normalized spacial score (nSPS) is 16.1. The Labute approximate surface area is 177 Å². The van der Waals surface area contributed by atoms with Crippen molar-refractivity contribution in [2.75, 3.05) is 45.8 Å². The first-order valence-electron chi connectivity index (χ1n) is 10.0. The molecule has 1 atom stereocenters. The van der Waals surface area contributed by atoms with Crippen molar-refractivity contribution >= 4 is 17.5 Å². The Hall–Kier alpha value is -3.06. The number of carbonyl (C=O) groups is 2. The van der Waals surface area contributed by atoms with Crippen molar-refractivity contribution in [3.8, 4) is 11.5 Å². The number of rotatable bonds is 9. The van der Waals surface area contributed by atoms with Gasteiger partial charge in [-0.15, -0.1) is 0 Å². The van der Waals surface area contributed by atoms with Crippen molar-refractivity contribution in [3.63, 3.8) is 0 Å². The molecule has 2 aromatic rings. The van der Waals surface area contributed by atoms with Crippen molar-refractivity contribution in [2.45, 2.75) is 13.0 Å². The van der Waals surface area contributed by atoms with E-state index < -0.39 is 0 Å². The van der Waals surface area contributed by atoms with Crippen LogP contribution >= 0.6 is 0 Å². The molecule has 1 aliphatic rings. The summed E-state index contributed by atoms with van der Waals surface area (Å²) in [5, 5.41) is 2.94. The lowest BCUT2D eigenvalue weighted by molar-refractivity contribution is -0.126. The lowest BCUT2D eigenvalue weighted by atomic mass is 10.1. The molecule has 0 aliphatic carbocycles. The summed E-state index contributed by atoms with van der Waals surface area (Å²) in [6.07, 6.45) is 0.210.